The molecule has 2 aliphatic heterocycles. The van der Waals surface area contributed by atoms with Crippen LogP contribution in [-0.2, 0) is 20.7 Å². The number of carboxylic acid groups (broad SMARTS) is 1. The molecule has 0 aromatic heterocycles. The van der Waals surface area contributed by atoms with Crippen LogP contribution in [0.25, 0.3) is 0 Å². The molecule has 0 spiro atoms. The Balaban J connectivity index is 1.72. The van der Waals surface area contributed by atoms with Gasteiger partial charge in [0.2, 0.25) is 5.91 Å². The van der Waals surface area contributed by atoms with Gasteiger partial charge in [0.15, 0.2) is 0 Å². The van der Waals surface area contributed by atoms with E-state index in [2.05, 4.69) is 0 Å². The van der Waals surface area contributed by atoms with E-state index in [4.69, 9.17) is 9.84 Å². The summed E-state index contributed by atoms with van der Waals surface area (Å²) in [7, 11) is 1.61. The predicted molar refractivity (Wildman–Crippen MR) is 83.0 cm³/mol. The van der Waals surface area contributed by atoms with E-state index in [1.54, 1.807) is 23.8 Å². The van der Waals surface area contributed by atoms with E-state index in [1.807, 2.05) is 24.3 Å². The molecule has 3 rings (SSSR count). The average molecular weight is 321 g/mol. The summed E-state index contributed by atoms with van der Waals surface area (Å²) in [6, 6.07) is 7.77. The summed E-state index contributed by atoms with van der Waals surface area (Å²) in [6.45, 7) is 0.487. The molecule has 22 heavy (non-hydrogen) atoms. The highest BCUT2D eigenvalue weighted by atomic mass is 32.2. The number of carbonyl (C=O) groups is 2. The lowest BCUT2D eigenvalue weighted by Crippen LogP contribution is -2.42. The molecule has 0 bridgehead atoms. The molecule has 1 saturated heterocycles. The van der Waals surface area contributed by atoms with Crippen molar-refractivity contribution in [2.45, 2.75) is 41.6 Å². The molecule has 0 saturated carbocycles. The summed E-state index contributed by atoms with van der Waals surface area (Å²) < 4.78 is 5.33. The summed E-state index contributed by atoms with van der Waals surface area (Å²) in [6.07, 6.45) is 1.23. The Morgan fingerprint density at radius 1 is 1.41 bits per heavy atom. The van der Waals surface area contributed by atoms with Crippen molar-refractivity contribution in [2.24, 2.45) is 0 Å². The van der Waals surface area contributed by atoms with Gasteiger partial charge in [0.25, 0.3) is 0 Å². The molecule has 5 nitrogen and oxygen atoms in total. The Morgan fingerprint density at radius 2 is 2.18 bits per heavy atom. The van der Waals surface area contributed by atoms with E-state index in [0.717, 1.165) is 4.90 Å². The largest absolute Gasteiger partial charge is 0.481 e. The van der Waals surface area contributed by atoms with Crippen molar-refractivity contribution in [3.8, 4) is 0 Å². The van der Waals surface area contributed by atoms with E-state index in [0.29, 0.717) is 19.4 Å². The number of rotatable bonds is 4. The number of hydrogen-bond acceptors (Lipinski definition) is 4. The van der Waals surface area contributed by atoms with Crippen molar-refractivity contribution in [2.75, 3.05) is 13.7 Å². The summed E-state index contributed by atoms with van der Waals surface area (Å²) >= 11 is 1.58. The van der Waals surface area contributed by atoms with Gasteiger partial charge in [-0.15, -0.1) is 11.8 Å². The maximum Gasteiger partial charge on any atom is 0.305 e. The molecular formula is C16H19NO4S. The van der Waals surface area contributed by atoms with Crippen LogP contribution in [0.3, 0.4) is 0 Å². The first kappa shape index (κ1) is 15.4. The van der Waals surface area contributed by atoms with Crippen LogP contribution >= 0.6 is 11.8 Å². The molecule has 2 heterocycles. The quantitative estimate of drug-likeness (QED) is 0.916. The van der Waals surface area contributed by atoms with Gasteiger partial charge >= 0.3 is 5.97 Å². The van der Waals surface area contributed by atoms with Crippen LogP contribution in [0.2, 0.25) is 0 Å². The van der Waals surface area contributed by atoms with Crippen molar-refractivity contribution in [1.29, 1.82) is 0 Å². The maximum absolute atomic E-state index is 12.8. The molecule has 6 heteroatoms. The molecule has 1 amide bonds. The number of aliphatic carboxylic acids is 1. The van der Waals surface area contributed by atoms with Crippen molar-refractivity contribution in [3.63, 3.8) is 0 Å². The fraction of sp³-hybridized carbons (Fsp3) is 0.500. The third-order valence-electron chi connectivity index (χ3n) is 4.33. The number of hydrogen-bond donors (Lipinski definition) is 1. The Kier molecular flexibility index (Phi) is 4.40. The minimum absolute atomic E-state index is 0.0179. The standard InChI is InChI=1S/C16H19NO4S/c1-21-12-7-11(8-15(18)19)17(9-12)16(20)14-6-10-4-2-3-5-13(10)22-14/h2-5,11-12,14H,6-9H2,1H3,(H,18,19). The van der Waals surface area contributed by atoms with Crippen LogP contribution in [0.15, 0.2) is 29.2 Å². The van der Waals surface area contributed by atoms with Gasteiger partial charge in [-0.3, -0.25) is 9.59 Å². The first-order chi connectivity index (χ1) is 10.6. The number of nitrogens with zero attached hydrogens (tertiary/aromatic N) is 1. The van der Waals surface area contributed by atoms with Gasteiger partial charge in [0.1, 0.15) is 0 Å². The van der Waals surface area contributed by atoms with E-state index >= 15 is 0 Å². The van der Waals surface area contributed by atoms with Gasteiger partial charge in [-0.05, 0) is 24.5 Å². The molecule has 0 aliphatic carbocycles. The number of carboxylic acids is 1. The van der Waals surface area contributed by atoms with Gasteiger partial charge < -0.3 is 14.7 Å². The summed E-state index contributed by atoms with van der Waals surface area (Å²) in [5, 5.41) is 8.91. The van der Waals surface area contributed by atoms with Crippen LogP contribution in [0.5, 0.6) is 0 Å². The second-order valence-electron chi connectivity index (χ2n) is 5.75. The first-order valence-corrected chi connectivity index (χ1v) is 8.26. The molecule has 118 valence electrons. The lowest BCUT2D eigenvalue weighted by Gasteiger charge is -2.25. The fourth-order valence-corrected chi connectivity index (χ4v) is 4.48. The van der Waals surface area contributed by atoms with Crippen molar-refractivity contribution in [3.05, 3.63) is 29.8 Å². The minimum Gasteiger partial charge on any atom is -0.481 e. The molecule has 3 atom stereocenters. The number of methoxy groups -OCH3 is 1. The summed E-state index contributed by atoms with van der Waals surface area (Å²) in [5.74, 6) is -0.839. The highest BCUT2D eigenvalue weighted by molar-refractivity contribution is 8.01. The molecule has 1 aromatic carbocycles. The van der Waals surface area contributed by atoms with Gasteiger partial charge in [0, 0.05) is 24.6 Å². The molecule has 0 radical (unpaired) electrons. The predicted octanol–water partition coefficient (Wildman–Crippen LogP) is 1.79. The number of fused-ring (bicyclic) bond motifs is 1. The lowest BCUT2D eigenvalue weighted by atomic mass is 10.1. The smallest absolute Gasteiger partial charge is 0.305 e. The van der Waals surface area contributed by atoms with Gasteiger partial charge in [-0.2, -0.15) is 0 Å². The Morgan fingerprint density at radius 3 is 2.86 bits per heavy atom. The molecule has 2 aliphatic rings. The highest BCUT2D eigenvalue weighted by Gasteiger charge is 2.40. The minimum atomic E-state index is -0.873. The van der Waals surface area contributed by atoms with E-state index in [-0.39, 0.29) is 29.7 Å². The number of likely N-dealkylation sites (tertiary alicyclic amines) is 1. The third kappa shape index (κ3) is 2.98. The topological polar surface area (TPSA) is 66.8 Å². The van der Waals surface area contributed by atoms with Crippen molar-refractivity contribution >= 4 is 23.6 Å². The van der Waals surface area contributed by atoms with Crippen LogP contribution in [0.4, 0.5) is 0 Å². The number of thioether (sulfide) groups is 1. The third-order valence-corrected chi connectivity index (χ3v) is 5.63. The second-order valence-corrected chi connectivity index (χ2v) is 7.00. The highest BCUT2D eigenvalue weighted by Crippen LogP contribution is 2.38. The number of amides is 1. The van der Waals surface area contributed by atoms with E-state index in [1.165, 1.54) is 5.56 Å². The van der Waals surface area contributed by atoms with Crippen molar-refractivity contribution in [1.82, 2.24) is 4.90 Å². The zero-order valence-corrected chi connectivity index (χ0v) is 13.2. The van der Waals surface area contributed by atoms with Gasteiger partial charge in [-0.25, -0.2) is 0 Å². The number of carbonyl (C=O) groups excluding carboxylic acids is 1. The van der Waals surface area contributed by atoms with Crippen molar-refractivity contribution < 1.29 is 19.4 Å². The summed E-state index contributed by atoms with van der Waals surface area (Å²) in [5.41, 5.74) is 1.20. The van der Waals surface area contributed by atoms with Crippen LogP contribution in [0, 0.1) is 0 Å². The monoisotopic (exact) mass is 321 g/mol. The van der Waals surface area contributed by atoms with E-state index < -0.39 is 5.97 Å². The first-order valence-electron chi connectivity index (χ1n) is 7.38. The van der Waals surface area contributed by atoms with Gasteiger partial charge in [-0.1, -0.05) is 18.2 Å². The molecule has 1 N–H and O–H groups in total. The van der Waals surface area contributed by atoms with Crippen LogP contribution in [-0.4, -0.2) is 52.9 Å². The van der Waals surface area contributed by atoms with E-state index in [9.17, 15) is 9.59 Å². The van der Waals surface area contributed by atoms with Crippen LogP contribution < -0.4 is 0 Å². The average Bonchev–Trinajstić information content (AvgIpc) is 3.09. The molecule has 3 unspecified atom stereocenters. The normalized spacial score (nSPS) is 27.0. The molecule has 1 aromatic rings. The Bertz CT molecular complexity index is 566. The lowest BCUT2D eigenvalue weighted by molar-refractivity contribution is -0.139. The molecular weight excluding hydrogens is 302 g/mol. The van der Waals surface area contributed by atoms with Crippen LogP contribution in [0.1, 0.15) is 18.4 Å². The number of benzene rings is 1. The fourth-order valence-electron chi connectivity index (χ4n) is 3.21. The Hall–Kier alpha value is -1.53. The Labute approximate surface area is 133 Å². The summed E-state index contributed by atoms with van der Waals surface area (Å²) in [4.78, 5) is 26.7. The second kappa shape index (κ2) is 6.30. The molecule has 1 fully saturated rings. The maximum atomic E-state index is 12.8. The number of ether oxygens (including phenoxy) is 1. The zero-order valence-electron chi connectivity index (χ0n) is 12.4. The zero-order chi connectivity index (χ0) is 15.7. The van der Waals surface area contributed by atoms with Gasteiger partial charge in [0.05, 0.1) is 17.8 Å². The SMILES string of the molecule is COC1CC(CC(=O)O)N(C(=O)C2Cc3ccccc3S2)C1.